The number of rotatable bonds is 3. The topological polar surface area (TPSA) is 42.4 Å². The van der Waals surface area contributed by atoms with Gasteiger partial charge in [-0.05, 0) is 19.9 Å². The molecule has 0 aliphatic carbocycles. The maximum atomic E-state index is 9.63. The second-order valence-corrected chi connectivity index (χ2v) is 3.10. The number of ether oxygens (including phenoxy) is 1. The van der Waals surface area contributed by atoms with Crippen molar-refractivity contribution in [3.05, 3.63) is 29.1 Å². The summed E-state index contributed by atoms with van der Waals surface area (Å²) in [6, 6.07) is 3.78. The largest absolute Gasteiger partial charge is 0.386 e. The fourth-order valence-corrected chi connectivity index (χ4v) is 1.30. The van der Waals surface area contributed by atoms with Gasteiger partial charge in [0.15, 0.2) is 0 Å². The van der Waals surface area contributed by atoms with Gasteiger partial charge in [-0.2, -0.15) is 0 Å². The van der Waals surface area contributed by atoms with E-state index >= 15 is 0 Å². The first-order valence-corrected chi connectivity index (χ1v) is 4.26. The van der Waals surface area contributed by atoms with Crippen molar-refractivity contribution < 1.29 is 9.84 Å². The maximum Gasteiger partial charge on any atom is 0.104 e. The fraction of sp³-hybridized carbons (Fsp3) is 0.500. The highest BCUT2D eigenvalue weighted by atomic mass is 16.5. The van der Waals surface area contributed by atoms with Crippen molar-refractivity contribution in [2.24, 2.45) is 0 Å². The summed E-state index contributed by atoms with van der Waals surface area (Å²) in [4.78, 5) is 4.26. The SMILES string of the molecule is COCC(O)c1ccc(C)nc1C. The first-order chi connectivity index (χ1) is 6.15. The first kappa shape index (κ1) is 10.2. The van der Waals surface area contributed by atoms with Crippen LogP contribution in [0.1, 0.15) is 23.1 Å². The van der Waals surface area contributed by atoms with E-state index in [1.165, 1.54) is 0 Å². The molecule has 1 aromatic rings. The van der Waals surface area contributed by atoms with E-state index in [2.05, 4.69) is 4.98 Å². The Balaban J connectivity index is 2.88. The number of nitrogens with zero attached hydrogens (tertiary/aromatic N) is 1. The zero-order valence-electron chi connectivity index (χ0n) is 8.24. The van der Waals surface area contributed by atoms with Gasteiger partial charge < -0.3 is 9.84 Å². The van der Waals surface area contributed by atoms with Gasteiger partial charge in [-0.25, -0.2) is 0 Å². The van der Waals surface area contributed by atoms with E-state index in [1.54, 1.807) is 7.11 Å². The zero-order valence-corrected chi connectivity index (χ0v) is 8.24. The van der Waals surface area contributed by atoms with Gasteiger partial charge >= 0.3 is 0 Å². The Labute approximate surface area is 78.4 Å². The molecular weight excluding hydrogens is 166 g/mol. The minimum atomic E-state index is -0.571. The summed E-state index contributed by atoms with van der Waals surface area (Å²) in [5, 5.41) is 9.63. The number of aromatic nitrogens is 1. The molecule has 0 aromatic carbocycles. The van der Waals surface area contributed by atoms with E-state index in [1.807, 2.05) is 26.0 Å². The highest BCUT2D eigenvalue weighted by Crippen LogP contribution is 2.16. The maximum absolute atomic E-state index is 9.63. The van der Waals surface area contributed by atoms with Crippen molar-refractivity contribution in [3.63, 3.8) is 0 Å². The zero-order chi connectivity index (χ0) is 9.84. The minimum Gasteiger partial charge on any atom is -0.386 e. The van der Waals surface area contributed by atoms with Crippen LogP contribution in [0.4, 0.5) is 0 Å². The highest BCUT2D eigenvalue weighted by molar-refractivity contribution is 5.23. The molecule has 1 aromatic heterocycles. The van der Waals surface area contributed by atoms with Crippen LogP contribution in [0, 0.1) is 13.8 Å². The average Bonchev–Trinajstić information content (AvgIpc) is 2.04. The quantitative estimate of drug-likeness (QED) is 0.766. The molecule has 72 valence electrons. The number of hydrogen-bond donors (Lipinski definition) is 1. The number of aliphatic hydroxyl groups is 1. The van der Waals surface area contributed by atoms with Crippen LogP contribution in [-0.4, -0.2) is 23.8 Å². The van der Waals surface area contributed by atoms with Crippen LogP contribution in [0.15, 0.2) is 12.1 Å². The molecule has 13 heavy (non-hydrogen) atoms. The Kier molecular flexibility index (Phi) is 3.39. The predicted molar refractivity (Wildman–Crippen MR) is 50.5 cm³/mol. The molecule has 3 nitrogen and oxygen atoms in total. The van der Waals surface area contributed by atoms with Gasteiger partial charge in [0.05, 0.1) is 6.61 Å². The molecule has 1 atom stereocenters. The molecule has 1 rings (SSSR count). The van der Waals surface area contributed by atoms with Crippen LogP contribution < -0.4 is 0 Å². The summed E-state index contributed by atoms with van der Waals surface area (Å²) in [6.07, 6.45) is -0.571. The second-order valence-electron chi connectivity index (χ2n) is 3.10. The van der Waals surface area contributed by atoms with E-state index in [4.69, 9.17) is 4.74 Å². The summed E-state index contributed by atoms with van der Waals surface area (Å²) in [5.41, 5.74) is 2.67. The second kappa shape index (κ2) is 4.35. The summed E-state index contributed by atoms with van der Waals surface area (Å²) in [6.45, 7) is 4.13. The molecule has 0 saturated carbocycles. The van der Waals surface area contributed by atoms with Crippen molar-refractivity contribution in [2.45, 2.75) is 20.0 Å². The summed E-state index contributed by atoms with van der Waals surface area (Å²) < 4.78 is 4.87. The Hall–Kier alpha value is -0.930. The lowest BCUT2D eigenvalue weighted by atomic mass is 10.1. The summed E-state index contributed by atoms with van der Waals surface area (Å²) in [5.74, 6) is 0. The standard InChI is InChI=1S/C10H15NO2/c1-7-4-5-9(8(2)11-7)10(12)6-13-3/h4-5,10,12H,6H2,1-3H3. The first-order valence-electron chi connectivity index (χ1n) is 4.26. The Bertz CT molecular complexity index is 286. The van der Waals surface area contributed by atoms with Gasteiger partial charge in [-0.1, -0.05) is 6.07 Å². The molecule has 0 amide bonds. The fourth-order valence-electron chi connectivity index (χ4n) is 1.30. The molecule has 1 unspecified atom stereocenters. The lowest BCUT2D eigenvalue weighted by Gasteiger charge is -2.12. The van der Waals surface area contributed by atoms with Gasteiger partial charge in [0.25, 0.3) is 0 Å². The number of methoxy groups -OCH3 is 1. The third kappa shape index (κ3) is 2.50. The highest BCUT2D eigenvalue weighted by Gasteiger charge is 2.10. The van der Waals surface area contributed by atoms with E-state index in [0.717, 1.165) is 17.0 Å². The molecule has 3 heteroatoms. The minimum absolute atomic E-state index is 0.311. The van der Waals surface area contributed by atoms with Crippen molar-refractivity contribution in [2.75, 3.05) is 13.7 Å². The van der Waals surface area contributed by atoms with Crippen molar-refractivity contribution in [1.82, 2.24) is 4.98 Å². The van der Waals surface area contributed by atoms with Crippen molar-refractivity contribution in [3.8, 4) is 0 Å². The smallest absolute Gasteiger partial charge is 0.104 e. The average molecular weight is 181 g/mol. The van der Waals surface area contributed by atoms with Crippen LogP contribution in [-0.2, 0) is 4.74 Å². The van der Waals surface area contributed by atoms with E-state index in [-0.39, 0.29) is 0 Å². The number of pyridine rings is 1. The van der Waals surface area contributed by atoms with Crippen molar-refractivity contribution in [1.29, 1.82) is 0 Å². The third-order valence-corrected chi connectivity index (χ3v) is 1.95. The van der Waals surface area contributed by atoms with E-state index in [0.29, 0.717) is 6.61 Å². The van der Waals surface area contributed by atoms with Crippen LogP contribution >= 0.6 is 0 Å². The van der Waals surface area contributed by atoms with Gasteiger partial charge in [-0.3, -0.25) is 4.98 Å². The molecule has 1 N–H and O–H groups in total. The summed E-state index contributed by atoms with van der Waals surface area (Å²) in [7, 11) is 1.57. The number of aryl methyl sites for hydroxylation is 2. The van der Waals surface area contributed by atoms with E-state index in [9.17, 15) is 5.11 Å². The predicted octanol–water partition coefficient (Wildman–Crippen LogP) is 1.38. The van der Waals surface area contributed by atoms with Crippen LogP contribution in [0.2, 0.25) is 0 Å². The molecule has 0 bridgehead atoms. The molecule has 0 aliphatic heterocycles. The number of hydrogen-bond acceptors (Lipinski definition) is 3. The third-order valence-electron chi connectivity index (χ3n) is 1.95. The van der Waals surface area contributed by atoms with Gasteiger partial charge in [0, 0.05) is 24.1 Å². The van der Waals surface area contributed by atoms with Crippen LogP contribution in [0.25, 0.3) is 0 Å². The Morgan fingerprint density at radius 1 is 1.46 bits per heavy atom. The van der Waals surface area contributed by atoms with E-state index < -0.39 is 6.10 Å². The van der Waals surface area contributed by atoms with Gasteiger partial charge in [0.1, 0.15) is 6.10 Å². The number of aliphatic hydroxyl groups excluding tert-OH is 1. The Morgan fingerprint density at radius 3 is 2.69 bits per heavy atom. The van der Waals surface area contributed by atoms with Gasteiger partial charge in [0.2, 0.25) is 0 Å². The van der Waals surface area contributed by atoms with Crippen molar-refractivity contribution >= 4 is 0 Å². The molecule has 0 saturated heterocycles. The monoisotopic (exact) mass is 181 g/mol. The molecular formula is C10H15NO2. The normalized spacial score (nSPS) is 12.9. The Morgan fingerprint density at radius 2 is 2.15 bits per heavy atom. The molecule has 0 radical (unpaired) electrons. The lowest BCUT2D eigenvalue weighted by Crippen LogP contribution is -2.08. The van der Waals surface area contributed by atoms with Crippen LogP contribution in [0.3, 0.4) is 0 Å². The van der Waals surface area contributed by atoms with Crippen LogP contribution in [0.5, 0.6) is 0 Å². The summed E-state index contributed by atoms with van der Waals surface area (Å²) >= 11 is 0. The lowest BCUT2D eigenvalue weighted by molar-refractivity contribution is 0.0637. The van der Waals surface area contributed by atoms with Gasteiger partial charge in [-0.15, -0.1) is 0 Å². The molecule has 0 spiro atoms. The molecule has 1 heterocycles. The molecule has 0 fully saturated rings. The molecule has 0 aliphatic rings.